The molecule has 8 heteroatoms. The van der Waals surface area contributed by atoms with Gasteiger partial charge >= 0.3 is 6.36 Å². The van der Waals surface area contributed by atoms with Gasteiger partial charge in [-0.3, -0.25) is 5.10 Å². The first kappa shape index (κ1) is 12.6. The van der Waals surface area contributed by atoms with Gasteiger partial charge in [-0.2, -0.15) is 5.10 Å². The fourth-order valence-corrected chi connectivity index (χ4v) is 1.58. The van der Waals surface area contributed by atoms with Gasteiger partial charge < -0.3 is 10.5 Å². The standard InChI is InChI=1S/C10H7ClF3N3O/c11-6-3-5(7-4-9(15)17-16-7)1-2-8(6)18-10(12,13)14/h1-4H,(H3,15,16,17). The monoisotopic (exact) mass is 277 g/mol. The summed E-state index contributed by atoms with van der Waals surface area (Å²) in [5.41, 5.74) is 6.52. The number of rotatable bonds is 2. The lowest BCUT2D eigenvalue weighted by atomic mass is 10.1. The van der Waals surface area contributed by atoms with Crippen molar-refractivity contribution in [3.05, 3.63) is 29.3 Å². The molecule has 0 saturated carbocycles. The van der Waals surface area contributed by atoms with Crippen molar-refractivity contribution in [2.45, 2.75) is 6.36 Å². The number of hydrogen-bond donors (Lipinski definition) is 2. The number of aromatic amines is 1. The van der Waals surface area contributed by atoms with Gasteiger partial charge in [-0.25, -0.2) is 0 Å². The molecule has 1 aromatic carbocycles. The average molecular weight is 278 g/mol. The van der Waals surface area contributed by atoms with Crippen molar-refractivity contribution in [2.24, 2.45) is 0 Å². The Hall–Kier alpha value is -1.89. The molecule has 1 aromatic heterocycles. The molecule has 0 aliphatic heterocycles. The first-order valence-electron chi connectivity index (χ1n) is 4.72. The van der Waals surface area contributed by atoms with E-state index in [1.165, 1.54) is 18.2 Å². The average Bonchev–Trinajstić information content (AvgIpc) is 2.66. The van der Waals surface area contributed by atoms with Crippen LogP contribution in [0.5, 0.6) is 5.75 Å². The Morgan fingerprint density at radius 3 is 2.50 bits per heavy atom. The predicted molar refractivity (Wildman–Crippen MR) is 60.1 cm³/mol. The van der Waals surface area contributed by atoms with Crippen molar-refractivity contribution >= 4 is 17.4 Å². The quantitative estimate of drug-likeness (QED) is 0.886. The van der Waals surface area contributed by atoms with Crippen LogP contribution in [-0.2, 0) is 0 Å². The van der Waals surface area contributed by atoms with E-state index >= 15 is 0 Å². The van der Waals surface area contributed by atoms with Crippen molar-refractivity contribution in [1.82, 2.24) is 10.2 Å². The van der Waals surface area contributed by atoms with Crippen LogP contribution in [0.15, 0.2) is 24.3 Å². The van der Waals surface area contributed by atoms with Gasteiger partial charge in [0.1, 0.15) is 11.6 Å². The number of nitrogens with zero attached hydrogens (tertiary/aromatic N) is 1. The fraction of sp³-hybridized carbons (Fsp3) is 0.100. The third-order valence-corrected chi connectivity index (χ3v) is 2.36. The molecule has 0 aliphatic rings. The summed E-state index contributed by atoms with van der Waals surface area (Å²) in [7, 11) is 0. The van der Waals surface area contributed by atoms with E-state index in [0.29, 0.717) is 11.3 Å². The first-order valence-corrected chi connectivity index (χ1v) is 5.09. The number of H-pyrrole nitrogens is 1. The molecule has 2 rings (SSSR count). The lowest BCUT2D eigenvalue weighted by Crippen LogP contribution is -2.17. The molecule has 2 aromatic rings. The van der Waals surface area contributed by atoms with Crippen molar-refractivity contribution in [1.29, 1.82) is 0 Å². The van der Waals surface area contributed by atoms with E-state index in [2.05, 4.69) is 14.9 Å². The number of nitrogen functional groups attached to an aromatic ring is 1. The molecule has 4 nitrogen and oxygen atoms in total. The topological polar surface area (TPSA) is 63.9 Å². The third-order valence-electron chi connectivity index (χ3n) is 2.07. The molecule has 0 radical (unpaired) electrons. The summed E-state index contributed by atoms with van der Waals surface area (Å²) in [4.78, 5) is 0. The summed E-state index contributed by atoms with van der Waals surface area (Å²) in [5.74, 6) is -0.183. The maximum atomic E-state index is 12.0. The molecular weight excluding hydrogens is 271 g/mol. The number of halogens is 4. The van der Waals surface area contributed by atoms with Gasteiger partial charge in [0, 0.05) is 11.6 Å². The van der Waals surface area contributed by atoms with Crippen molar-refractivity contribution in [3.63, 3.8) is 0 Å². The third kappa shape index (κ3) is 2.86. The van der Waals surface area contributed by atoms with Gasteiger partial charge in [-0.15, -0.1) is 13.2 Å². The van der Waals surface area contributed by atoms with Crippen LogP contribution >= 0.6 is 11.6 Å². The summed E-state index contributed by atoms with van der Waals surface area (Å²) in [6.07, 6.45) is -4.77. The number of nitrogens with one attached hydrogen (secondary N) is 1. The number of hydrogen-bond acceptors (Lipinski definition) is 3. The van der Waals surface area contributed by atoms with Gasteiger partial charge in [0.05, 0.1) is 10.7 Å². The van der Waals surface area contributed by atoms with Crippen LogP contribution in [-0.4, -0.2) is 16.6 Å². The first-order chi connectivity index (χ1) is 8.35. The normalized spacial score (nSPS) is 11.6. The second kappa shape index (κ2) is 4.41. The van der Waals surface area contributed by atoms with Crippen LogP contribution in [0.4, 0.5) is 19.0 Å². The van der Waals surface area contributed by atoms with E-state index < -0.39 is 12.1 Å². The van der Waals surface area contributed by atoms with Crippen LogP contribution in [0.1, 0.15) is 0 Å². The number of anilines is 1. The van der Waals surface area contributed by atoms with E-state index in [1.807, 2.05) is 0 Å². The van der Waals surface area contributed by atoms with Gasteiger partial charge in [0.15, 0.2) is 0 Å². The summed E-state index contributed by atoms with van der Waals surface area (Å²) in [6, 6.07) is 5.41. The Balaban J connectivity index is 2.30. The summed E-state index contributed by atoms with van der Waals surface area (Å²) >= 11 is 5.70. The Morgan fingerprint density at radius 1 is 1.28 bits per heavy atom. The van der Waals surface area contributed by atoms with Crippen molar-refractivity contribution in [2.75, 3.05) is 5.73 Å². The van der Waals surface area contributed by atoms with Crippen molar-refractivity contribution in [3.8, 4) is 17.0 Å². The molecule has 1 heterocycles. The highest BCUT2D eigenvalue weighted by molar-refractivity contribution is 6.32. The Labute approximate surface area is 105 Å². The Kier molecular flexibility index (Phi) is 3.08. The van der Waals surface area contributed by atoms with Gasteiger partial charge in [-0.1, -0.05) is 11.6 Å². The van der Waals surface area contributed by atoms with E-state index in [4.69, 9.17) is 17.3 Å². The predicted octanol–water partition coefficient (Wildman–Crippen LogP) is 3.21. The fourth-order valence-electron chi connectivity index (χ4n) is 1.36. The minimum atomic E-state index is -4.77. The van der Waals surface area contributed by atoms with Gasteiger partial charge in [0.25, 0.3) is 0 Å². The van der Waals surface area contributed by atoms with E-state index in [-0.39, 0.29) is 10.8 Å². The van der Waals surface area contributed by atoms with Crippen LogP contribution in [0.2, 0.25) is 5.02 Å². The lowest BCUT2D eigenvalue weighted by Gasteiger charge is -2.10. The second-order valence-electron chi connectivity index (χ2n) is 3.40. The molecule has 0 spiro atoms. The number of alkyl halides is 3. The van der Waals surface area contributed by atoms with Crippen LogP contribution < -0.4 is 10.5 Å². The number of nitrogens with two attached hydrogens (primary N) is 1. The molecule has 0 unspecified atom stereocenters. The zero-order chi connectivity index (χ0) is 13.3. The number of aromatic nitrogens is 2. The molecule has 96 valence electrons. The maximum Gasteiger partial charge on any atom is 0.573 e. The molecule has 0 amide bonds. The zero-order valence-corrected chi connectivity index (χ0v) is 9.51. The summed E-state index contributed by atoms with van der Waals surface area (Å²) in [6.45, 7) is 0. The molecular formula is C10H7ClF3N3O. The molecule has 18 heavy (non-hydrogen) atoms. The maximum absolute atomic E-state index is 12.0. The second-order valence-corrected chi connectivity index (χ2v) is 3.81. The highest BCUT2D eigenvalue weighted by atomic mass is 35.5. The minimum absolute atomic E-state index is 0.155. The van der Waals surface area contributed by atoms with E-state index in [9.17, 15) is 13.2 Å². The highest BCUT2D eigenvalue weighted by Gasteiger charge is 2.32. The molecule has 0 atom stereocenters. The molecule has 3 N–H and O–H groups in total. The summed E-state index contributed by atoms with van der Waals surface area (Å²) < 4.78 is 39.8. The van der Waals surface area contributed by atoms with Gasteiger partial charge in [0.2, 0.25) is 0 Å². The molecule has 0 saturated heterocycles. The minimum Gasteiger partial charge on any atom is -0.404 e. The van der Waals surface area contributed by atoms with Crippen molar-refractivity contribution < 1.29 is 17.9 Å². The largest absolute Gasteiger partial charge is 0.573 e. The molecule has 0 bridgehead atoms. The number of ether oxygens (including phenoxy) is 1. The SMILES string of the molecule is Nc1cc(-c2ccc(OC(F)(F)F)c(Cl)c2)[nH]n1. The van der Waals surface area contributed by atoms with E-state index in [0.717, 1.165) is 6.07 Å². The molecule has 0 fully saturated rings. The Bertz CT molecular complexity index is 568. The van der Waals surface area contributed by atoms with Gasteiger partial charge in [-0.05, 0) is 18.2 Å². The van der Waals surface area contributed by atoms with Crippen LogP contribution in [0, 0.1) is 0 Å². The Morgan fingerprint density at radius 2 is 2.00 bits per heavy atom. The van der Waals surface area contributed by atoms with Crippen LogP contribution in [0.3, 0.4) is 0 Å². The summed E-state index contributed by atoms with van der Waals surface area (Å²) in [5, 5.41) is 6.17. The molecule has 0 aliphatic carbocycles. The lowest BCUT2D eigenvalue weighted by molar-refractivity contribution is -0.274. The smallest absolute Gasteiger partial charge is 0.404 e. The van der Waals surface area contributed by atoms with Crippen LogP contribution in [0.25, 0.3) is 11.3 Å². The highest BCUT2D eigenvalue weighted by Crippen LogP contribution is 2.33. The number of benzene rings is 1. The zero-order valence-electron chi connectivity index (χ0n) is 8.75. The van der Waals surface area contributed by atoms with E-state index in [1.54, 1.807) is 0 Å².